The summed E-state index contributed by atoms with van der Waals surface area (Å²) >= 11 is 0. The summed E-state index contributed by atoms with van der Waals surface area (Å²) in [5.41, 5.74) is 0.487. The molecule has 0 amide bonds. The molecule has 1 aliphatic heterocycles. The molecule has 0 unspecified atom stereocenters. The zero-order valence-electron chi connectivity index (χ0n) is 6.98. The molecule has 0 saturated carbocycles. The molecule has 2 atom stereocenters. The van der Waals surface area contributed by atoms with Gasteiger partial charge in [-0.25, -0.2) is 0 Å². The fourth-order valence-electron chi connectivity index (χ4n) is 1.81. The smallest absolute Gasteiger partial charge is 0.00447 e. The van der Waals surface area contributed by atoms with Crippen molar-refractivity contribution in [3.8, 4) is 0 Å². The van der Waals surface area contributed by atoms with Gasteiger partial charge < -0.3 is 5.32 Å². The Morgan fingerprint density at radius 2 is 2.50 bits per heavy atom. The van der Waals surface area contributed by atoms with E-state index in [9.17, 15) is 0 Å². The van der Waals surface area contributed by atoms with E-state index in [-0.39, 0.29) is 0 Å². The van der Waals surface area contributed by atoms with E-state index in [2.05, 4.69) is 25.7 Å². The molecule has 58 valence electrons. The summed E-state index contributed by atoms with van der Waals surface area (Å²) in [4.78, 5) is 0. The molecule has 1 heteroatoms. The SMILES string of the molecule is C=CC[C@@]1(C)CN[C@@H](C)C1. The van der Waals surface area contributed by atoms with E-state index < -0.39 is 0 Å². The van der Waals surface area contributed by atoms with Crippen molar-refractivity contribution in [3.05, 3.63) is 12.7 Å². The Bertz CT molecular complexity index is 131. The first-order valence-electron chi connectivity index (χ1n) is 4.00. The van der Waals surface area contributed by atoms with Crippen molar-refractivity contribution >= 4 is 0 Å². The van der Waals surface area contributed by atoms with E-state index >= 15 is 0 Å². The lowest BCUT2D eigenvalue weighted by Gasteiger charge is -2.19. The molecule has 1 aliphatic rings. The molecule has 0 aliphatic carbocycles. The molecule has 1 heterocycles. The van der Waals surface area contributed by atoms with Crippen LogP contribution in [0.3, 0.4) is 0 Å². The van der Waals surface area contributed by atoms with Crippen LogP contribution >= 0.6 is 0 Å². The Morgan fingerprint density at radius 1 is 1.80 bits per heavy atom. The van der Waals surface area contributed by atoms with Crippen LogP contribution in [0.15, 0.2) is 12.7 Å². The summed E-state index contributed by atoms with van der Waals surface area (Å²) in [7, 11) is 0. The molecule has 1 fully saturated rings. The Labute approximate surface area is 63.5 Å². The number of hydrogen-bond donors (Lipinski definition) is 1. The fraction of sp³-hybridized carbons (Fsp3) is 0.778. The number of allylic oxidation sites excluding steroid dienone is 1. The zero-order chi connectivity index (χ0) is 7.61. The summed E-state index contributed by atoms with van der Waals surface area (Å²) in [6.07, 6.45) is 4.46. The molecule has 1 rings (SSSR count). The quantitative estimate of drug-likeness (QED) is 0.577. The Kier molecular flexibility index (Phi) is 2.14. The molecular formula is C9H17N. The first-order chi connectivity index (χ1) is 4.66. The van der Waals surface area contributed by atoms with Gasteiger partial charge in [0.1, 0.15) is 0 Å². The standard InChI is InChI=1S/C9H17N/c1-4-5-9(3)6-8(2)10-7-9/h4,8,10H,1,5-7H2,2-3H3/t8-,9+/m0/s1. The van der Waals surface area contributed by atoms with Crippen LogP contribution in [0.1, 0.15) is 26.7 Å². The second-order valence-electron chi connectivity index (χ2n) is 3.79. The maximum Gasteiger partial charge on any atom is 0.00447 e. The minimum absolute atomic E-state index is 0.487. The van der Waals surface area contributed by atoms with Gasteiger partial charge in [0.25, 0.3) is 0 Å². The molecule has 0 bridgehead atoms. The van der Waals surface area contributed by atoms with E-state index in [1.165, 1.54) is 6.42 Å². The van der Waals surface area contributed by atoms with Crippen molar-refractivity contribution in [3.63, 3.8) is 0 Å². The zero-order valence-corrected chi connectivity index (χ0v) is 6.98. The monoisotopic (exact) mass is 139 g/mol. The third-order valence-corrected chi connectivity index (χ3v) is 2.31. The van der Waals surface area contributed by atoms with Gasteiger partial charge in [-0.3, -0.25) is 0 Å². The molecule has 10 heavy (non-hydrogen) atoms. The highest BCUT2D eigenvalue weighted by molar-refractivity contribution is 4.92. The topological polar surface area (TPSA) is 12.0 Å². The van der Waals surface area contributed by atoms with Gasteiger partial charge in [0, 0.05) is 12.6 Å². The Balaban J connectivity index is 2.45. The average Bonchev–Trinajstić information content (AvgIpc) is 2.12. The Hall–Kier alpha value is -0.300. The van der Waals surface area contributed by atoms with Crippen molar-refractivity contribution in [2.75, 3.05) is 6.54 Å². The first-order valence-corrected chi connectivity index (χ1v) is 4.00. The largest absolute Gasteiger partial charge is 0.314 e. The third kappa shape index (κ3) is 1.60. The molecule has 0 aromatic carbocycles. The van der Waals surface area contributed by atoms with Gasteiger partial charge in [-0.2, -0.15) is 0 Å². The van der Waals surface area contributed by atoms with E-state index in [4.69, 9.17) is 0 Å². The summed E-state index contributed by atoms with van der Waals surface area (Å²) in [5, 5.41) is 3.45. The minimum Gasteiger partial charge on any atom is -0.314 e. The second-order valence-corrected chi connectivity index (χ2v) is 3.79. The van der Waals surface area contributed by atoms with Crippen molar-refractivity contribution in [2.45, 2.75) is 32.7 Å². The molecule has 0 aromatic heterocycles. The lowest BCUT2D eigenvalue weighted by molar-refractivity contribution is 0.364. The predicted molar refractivity (Wildman–Crippen MR) is 45.0 cm³/mol. The summed E-state index contributed by atoms with van der Waals surface area (Å²) in [6.45, 7) is 9.49. The van der Waals surface area contributed by atoms with E-state index in [1.807, 2.05) is 6.08 Å². The van der Waals surface area contributed by atoms with Gasteiger partial charge in [-0.1, -0.05) is 13.0 Å². The van der Waals surface area contributed by atoms with Crippen molar-refractivity contribution < 1.29 is 0 Å². The number of rotatable bonds is 2. The predicted octanol–water partition coefficient (Wildman–Crippen LogP) is 1.95. The van der Waals surface area contributed by atoms with E-state index in [0.29, 0.717) is 11.5 Å². The number of hydrogen-bond acceptors (Lipinski definition) is 1. The van der Waals surface area contributed by atoms with Gasteiger partial charge in [0.2, 0.25) is 0 Å². The normalized spacial score (nSPS) is 40.0. The highest BCUT2D eigenvalue weighted by atomic mass is 15.0. The van der Waals surface area contributed by atoms with Crippen molar-refractivity contribution in [1.82, 2.24) is 5.32 Å². The first kappa shape index (κ1) is 7.80. The van der Waals surface area contributed by atoms with Gasteiger partial charge in [-0.05, 0) is 25.2 Å². The van der Waals surface area contributed by atoms with Crippen LogP contribution in [-0.2, 0) is 0 Å². The van der Waals surface area contributed by atoms with Crippen LogP contribution in [0, 0.1) is 5.41 Å². The minimum atomic E-state index is 0.487. The van der Waals surface area contributed by atoms with Crippen LogP contribution in [0.25, 0.3) is 0 Å². The average molecular weight is 139 g/mol. The molecule has 1 N–H and O–H groups in total. The van der Waals surface area contributed by atoms with E-state index in [0.717, 1.165) is 13.0 Å². The van der Waals surface area contributed by atoms with Gasteiger partial charge in [0.05, 0.1) is 0 Å². The Morgan fingerprint density at radius 3 is 2.90 bits per heavy atom. The molecule has 1 saturated heterocycles. The highest BCUT2D eigenvalue weighted by Crippen LogP contribution is 2.31. The summed E-state index contributed by atoms with van der Waals surface area (Å²) in [5.74, 6) is 0. The molecular weight excluding hydrogens is 122 g/mol. The number of nitrogens with one attached hydrogen (secondary N) is 1. The maximum atomic E-state index is 3.77. The lowest BCUT2D eigenvalue weighted by Crippen LogP contribution is -2.20. The molecule has 0 aromatic rings. The van der Waals surface area contributed by atoms with Crippen molar-refractivity contribution in [1.29, 1.82) is 0 Å². The summed E-state index contributed by atoms with van der Waals surface area (Å²) < 4.78 is 0. The van der Waals surface area contributed by atoms with Crippen molar-refractivity contribution in [2.24, 2.45) is 5.41 Å². The highest BCUT2D eigenvalue weighted by Gasteiger charge is 2.30. The maximum absolute atomic E-state index is 3.77. The fourth-order valence-corrected chi connectivity index (χ4v) is 1.81. The molecule has 0 spiro atoms. The van der Waals surface area contributed by atoms with Crippen LogP contribution in [0.2, 0.25) is 0 Å². The van der Waals surface area contributed by atoms with Crippen LogP contribution in [0.5, 0.6) is 0 Å². The van der Waals surface area contributed by atoms with Crippen LogP contribution < -0.4 is 5.32 Å². The lowest BCUT2D eigenvalue weighted by atomic mass is 9.85. The molecule has 1 nitrogen and oxygen atoms in total. The van der Waals surface area contributed by atoms with E-state index in [1.54, 1.807) is 0 Å². The van der Waals surface area contributed by atoms with Gasteiger partial charge >= 0.3 is 0 Å². The van der Waals surface area contributed by atoms with Crippen LogP contribution in [-0.4, -0.2) is 12.6 Å². The van der Waals surface area contributed by atoms with Gasteiger partial charge in [0.15, 0.2) is 0 Å². The second kappa shape index (κ2) is 2.75. The molecule has 0 radical (unpaired) electrons. The summed E-state index contributed by atoms with van der Waals surface area (Å²) in [6, 6.07) is 0.699. The van der Waals surface area contributed by atoms with Crippen LogP contribution in [0.4, 0.5) is 0 Å². The van der Waals surface area contributed by atoms with Gasteiger partial charge in [-0.15, -0.1) is 6.58 Å². The third-order valence-electron chi connectivity index (χ3n) is 2.31.